The number of rotatable bonds is 5. The van der Waals surface area contributed by atoms with Crippen LogP contribution in [0.5, 0.6) is 0 Å². The van der Waals surface area contributed by atoms with Gasteiger partial charge in [-0.2, -0.15) is 4.39 Å². The van der Waals surface area contributed by atoms with Crippen molar-refractivity contribution in [3.8, 4) is 0 Å². The molecule has 0 aliphatic heterocycles. The molecule has 0 aliphatic carbocycles. The maximum Gasteiger partial charge on any atom is 0.471 e. The Hall–Kier alpha value is -1.84. The van der Waals surface area contributed by atoms with Gasteiger partial charge >= 0.3 is 7.82 Å². The topological polar surface area (TPSA) is 114 Å². The van der Waals surface area contributed by atoms with Crippen molar-refractivity contribution in [2.75, 3.05) is 5.32 Å². The fraction of sp³-hybridized carbons (Fsp3) is 0.167. The lowest BCUT2D eigenvalue weighted by atomic mass is 10.3. The summed E-state index contributed by atoms with van der Waals surface area (Å²) in [5, 5.41) is 5.54. The average molecular weight is 382 g/mol. The molecule has 24 heavy (non-hydrogen) atoms. The molecule has 1 amide bonds. The van der Waals surface area contributed by atoms with Gasteiger partial charge in [0.05, 0.1) is 10.7 Å². The minimum atomic E-state index is -4.89. The number of nitrogens with zero attached hydrogens (tertiary/aromatic N) is 2. The first kappa shape index (κ1) is 18.5. The molecule has 8 nitrogen and oxygen atoms in total. The van der Waals surface area contributed by atoms with Gasteiger partial charge in [0.15, 0.2) is 6.23 Å². The molecule has 1 unspecified atom stereocenters. The van der Waals surface area contributed by atoms with Crippen molar-refractivity contribution in [1.29, 1.82) is 0 Å². The van der Waals surface area contributed by atoms with E-state index in [1.54, 1.807) is 0 Å². The molecule has 1 aromatic carbocycles. The van der Waals surface area contributed by atoms with Gasteiger partial charge in [0.1, 0.15) is 11.5 Å². The largest absolute Gasteiger partial charge is 0.471 e. The van der Waals surface area contributed by atoms with E-state index in [-0.39, 0.29) is 16.4 Å². The van der Waals surface area contributed by atoms with E-state index in [2.05, 4.69) is 14.9 Å². The van der Waals surface area contributed by atoms with Gasteiger partial charge in [-0.3, -0.25) is 9.32 Å². The van der Waals surface area contributed by atoms with Crippen LogP contribution in [-0.4, -0.2) is 25.5 Å². The number of hydrogen-bond acceptors (Lipinski definition) is 4. The van der Waals surface area contributed by atoms with Crippen LogP contribution < -0.4 is 5.32 Å². The van der Waals surface area contributed by atoms with Gasteiger partial charge in [-0.25, -0.2) is 13.6 Å². The first-order chi connectivity index (χ1) is 11.1. The van der Waals surface area contributed by atoms with Crippen molar-refractivity contribution in [3.63, 3.8) is 0 Å². The Morgan fingerprint density at radius 1 is 1.42 bits per heavy atom. The number of nitrogens with one attached hydrogen (secondary N) is 1. The molecule has 1 heterocycles. The summed E-state index contributed by atoms with van der Waals surface area (Å²) in [7, 11) is -4.89. The minimum Gasteiger partial charge on any atom is -0.319 e. The second kappa shape index (κ2) is 6.96. The molecule has 0 spiro atoms. The van der Waals surface area contributed by atoms with Crippen molar-refractivity contribution in [2.45, 2.75) is 13.2 Å². The highest BCUT2D eigenvalue weighted by atomic mass is 35.5. The lowest BCUT2D eigenvalue weighted by molar-refractivity contribution is 0.0794. The molecule has 3 N–H and O–H groups in total. The molecule has 0 aliphatic rings. The zero-order valence-corrected chi connectivity index (χ0v) is 13.6. The van der Waals surface area contributed by atoms with E-state index >= 15 is 0 Å². The van der Waals surface area contributed by atoms with Crippen LogP contribution in [0.2, 0.25) is 5.02 Å². The molecule has 130 valence electrons. The smallest absolute Gasteiger partial charge is 0.319 e. The van der Waals surface area contributed by atoms with Crippen molar-refractivity contribution in [3.05, 3.63) is 46.7 Å². The molecule has 0 saturated heterocycles. The maximum absolute atomic E-state index is 13.4. The van der Waals surface area contributed by atoms with Gasteiger partial charge in [0, 0.05) is 6.07 Å². The van der Waals surface area contributed by atoms with Crippen molar-refractivity contribution in [2.24, 2.45) is 0 Å². The van der Waals surface area contributed by atoms with Crippen LogP contribution in [0.1, 0.15) is 23.6 Å². The third-order valence-corrected chi connectivity index (χ3v) is 3.64. The fourth-order valence-corrected chi connectivity index (χ4v) is 2.53. The standard InChI is InChI=1S/C12H11ClF2N3O5P/c1-6(23-24(20,21)22)18-10(5-11(15)17-18)12(19)16-9-3-2-7(14)4-8(9)13/h2-6H,1H3,(H,16,19)(H2,20,21,22). The summed E-state index contributed by atoms with van der Waals surface area (Å²) in [6.45, 7) is 1.16. The summed E-state index contributed by atoms with van der Waals surface area (Å²) < 4.78 is 42.2. The number of amides is 1. The van der Waals surface area contributed by atoms with E-state index in [4.69, 9.17) is 21.4 Å². The monoisotopic (exact) mass is 381 g/mol. The van der Waals surface area contributed by atoms with E-state index in [1.165, 1.54) is 6.07 Å². The van der Waals surface area contributed by atoms with Crippen LogP contribution in [0.15, 0.2) is 24.3 Å². The van der Waals surface area contributed by atoms with Crippen LogP contribution in [0.4, 0.5) is 14.5 Å². The van der Waals surface area contributed by atoms with Crippen LogP contribution in [0.3, 0.4) is 0 Å². The number of aromatic nitrogens is 2. The highest BCUT2D eigenvalue weighted by molar-refractivity contribution is 7.46. The number of phosphoric acid groups is 1. The van der Waals surface area contributed by atoms with Crippen LogP contribution >= 0.6 is 19.4 Å². The highest BCUT2D eigenvalue weighted by Crippen LogP contribution is 2.40. The summed E-state index contributed by atoms with van der Waals surface area (Å²) >= 11 is 5.78. The van der Waals surface area contributed by atoms with E-state index in [1.807, 2.05) is 0 Å². The first-order valence-electron chi connectivity index (χ1n) is 6.32. The summed E-state index contributed by atoms with van der Waals surface area (Å²) in [5.74, 6) is -2.56. The molecule has 0 fully saturated rings. The number of hydrogen-bond donors (Lipinski definition) is 3. The Morgan fingerprint density at radius 2 is 2.08 bits per heavy atom. The number of carbonyl (C=O) groups is 1. The van der Waals surface area contributed by atoms with E-state index in [9.17, 15) is 18.1 Å². The van der Waals surface area contributed by atoms with E-state index in [0.717, 1.165) is 25.1 Å². The fourth-order valence-electron chi connectivity index (χ4n) is 1.83. The Morgan fingerprint density at radius 3 is 2.67 bits per heavy atom. The lowest BCUT2D eigenvalue weighted by Gasteiger charge is -2.16. The van der Waals surface area contributed by atoms with Gasteiger partial charge in [0.2, 0.25) is 5.95 Å². The molecular weight excluding hydrogens is 371 g/mol. The Bertz CT molecular complexity index is 825. The van der Waals surface area contributed by atoms with Crippen molar-refractivity contribution in [1.82, 2.24) is 9.78 Å². The Labute approximate surface area is 139 Å². The normalized spacial score (nSPS) is 12.9. The molecular formula is C12H11ClF2N3O5P. The quantitative estimate of drug-likeness (QED) is 0.686. The van der Waals surface area contributed by atoms with E-state index in [0.29, 0.717) is 4.68 Å². The number of benzene rings is 1. The number of carbonyl (C=O) groups excluding carboxylic acids is 1. The van der Waals surface area contributed by atoms with Crippen LogP contribution in [0, 0.1) is 11.8 Å². The van der Waals surface area contributed by atoms with Gasteiger partial charge in [-0.1, -0.05) is 11.6 Å². The number of halogens is 3. The number of anilines is 1. The minimum absolute atomic E-state index is 0.0554. The second-order valence-electron chi connectivity index (χ2n) is 4.57. The Kier molecular flexibility index (Phi) is 5.36. The van der Waals surface area contributed by atoms with Crippen molar-refractivity contribution < 1.29 is 32.5 Å². The Balaban J connectivity index is 2.28. The lowest BCUT2D eigenvalue weighted by Crippen LogP contribution is -2.21. The number of phosphoric ester groups is 1. The third-order valence-electron chi connectivity index (χ3n) is 2.75. The predicted octanol–water partition coefficient (Wildman–Crippen LogP) is 2.69. The molecule has 1 atom stereocenters. The maximum atomic E-state index is 13.4. The zero-order chi connectivity index (χ0) is 18.1. The summed E-state index contributed by atoms with van der Waals surface area (Å²) in [6.07, 6.45) is -1.43. The molecule has 0 radical (unpaired) electrons. The van der Waals surface area contributed by atoms with Gasteiger partial charge < -0.3 is 15.1 Å². The molecule has 0 bridgehead atoms. The van der Waals surface area contributed by atoms with Crippen LogP contribution in [0.25, 0.3) is 0 Å². The van der Waals surface area contributed by atoms with Gasteiger partial charge in [-0.05, 0) is 25.1 Å². The van der Waals surface area contributed by atoms with Gasteiger partial charge in [-0.15, -0.1) is 5.10 Å². The highest BCUT2D eigenvalue weighted by Gasteiger charge is 2.26. The van der Waals surface area contributed by atoms with E-state index < -0.39 is 31.7 Å². The molecule has 2 rings (SSSR count). The van der Waals surface area contributed by atoms with Crippen molar-refractivity contribution >= 4 is 31.0 Å². The average Bonchev–Trinajstić information content (AvgIpc) is 2.82. The molecule has 12 heteroatoms. The van der Waals surface area contributed by atoms with Gasteiger partial charge in [0.25, 0.3) is 5.91 Å². The summed E-state index contributed by atoms with van der Waals surface area (Å²) in [5.41, 5.74) is -0.325. The zero-order valence-electron chi connectivity index (χ0n) is 12.0. The SMILES string of the molecule is CC(OP(=O)(O)O)n1nc(F)cc1C(=O)Nc1ccc(F)cc1Cl. The molecule has 0 saturated carbocycles. The first-order valence-corrected chi connectivity index (χ1v) is 8.23. The summed E-state index contributed by atoms with van der Waals surface area (Å²) in [4.78, 5) is 29.8. The second-order valence-corrected chi connectivity index (χ2v) is 6.17. The predicted molar refractivity (Wildman–Crippen MR) is 79.4 cm³/mol. The molecule has 2 aromatic rings. The molecule has 1 aromatic heterocycles. The summed E-state index contributed by atoms with van der Waals surface area (Å²) in [6, 6.07) is 3.96. The third kappa shape index (κ3) is 4.59. The van der Waals surface area contributed by atoms with Crippen LogP contribution in [-0.2, 0) is 9.09 Å².